The van der Waals surface area contributed by atoms with Gasteiger partial charge in [0.2, 0.25) is 0 Å². The minimum atomic E-state index is -1.92. The normalized spacial score (nSPS) is 14.3. The van der Waals surface area contributed by atoms with Crippen LogP contribution in [0, 0.1) is 0 Å². The Morgan fingerprint density at radius 3 is 2.04 bits per heavy atom. The molecule has 0 aromatic carbocycles. The molecular formula is C15H40O4Si4. The molecule has 23 heavy (non-hydrogen) atoms. The molecule has 1 atom stereocenters. The Morgan fingerprint density at radius 2 is 1.65 bits per heavy atom. The van der Waals surface area contributed by atoms with Crippen molar-refractivity contribution in [3.63, 3.8) is 0 Å². The molecule has 1 unspecified atom stereocenters. The average Bonchev–Trinajstić information content (AvgIpc) is 2.36. The summed E-state index contributed by atoms with van der Waals surface area (Å²) in [4.78, 5) is 0. The van der Waals surface area contributed by atoms with E-state index in [4.69, 9.17) is 13.6 Å². The summed E-state index contributed by atoms with van der Waals surface area (Å²) in [6.45, 7) is 11.8. The molecule has 8 heteroatoms. The molecular weight excluding hydrogens is 357 g/mol. The van der Waals surface area contributed by atoms with Gasteiger partial charge in [-0.25, -0.2) is 0 Å². The summed E-state index contributed by atoms with van der Waals surface area (Å²) in [5.41, 5.74) is 0.819. The summed E-state index contributed by atoms with van der Waals surface area (Å²) in [5.74, 6) is 1.97. The van der Waals surface area contributed by atoms with Gasteiger partial charge in [0.25, 0.3) is 8.68 Å². The highest BCUT2D eigenvalue weighted by Gasteiger charge is 2.39. The van der Waals surface area contributed by atoms with Crippen LogP contribution in [0.5, 0.6) is 0 Å². The van der Waals surface area contributed by atoms with E-state index in [0.717, 1.165) is 30.8 Å². The standard InChI is InChI=1S/C13H32O4Si4.2CH4/c1-8-18(14)13-19(12-16-3)21(7,11-9-10-15-2)17-20(4,5)6;;/h12H,8-11,13H2,1-7H3;2*1H4/b19-12-;;. The van der Waals surface area contributed by atoms with Crippen molar-refractivity contribution < 1.29 is 18.1 Å². The van der Waals surface area contributed by atoms with E-state index in [1.54, 1.807) is 14.2 Å². The topological polar surface area (TPSA) is 44.8 Å². The van der Waals surface area contributed by atoms with E-state index in [0.29, 0.717) is 0 Å². The van der Waals surface area contributed by atoms with Crippen LogP contribution in [0.4, 0.5) is 0 Å². The summed E-state index contributed by atoms with van der Waals surface area (Å²) >= 11 is 0. The molecule has 0 amide bonds. The molecule has 0 bridgehead atoms. The molecule has 140 valence electrons. The summed E-state index contributed by atoms with van der Waals surface area (Å²) < 4.78 is 29.3. The van der Waals surface area contributed by atoms with Crippen molar-refractivity contribution in [3.05, 3.63) is 0 Å². The molecule has 0 aromatic heterocycles. The summed E-state index contributed by atoms with van der Waals surface area (Å²) in [7, 11) is -2.58. The first-order valence-corrected chi connectivity index (χ1v) is 18.2. The van der Waals surface area contributed by atoms with Crippen LogP contribution >= 0.6 is 0 Å². The van der Waals surface area contributed by atoms with Crippen LogP contribution in [0.3, 0.4) is 0 Å². The van der Waals surface area contributed by atoms with E-state index in [1.807, 2.05) is 12.8 Å². The fourth-order valence-electron chi connectivity index (χ4n) is 2.34. The van der Waals surface area contributed by atoms with Gasteiger partial charge >= 0.3 is 0 Å². The molecule has 0 heterocycles. The van der Waals surface area contributed by atoms with Crippen molar-refractivity contribution in [2.75, 3.05) is 20.8 Å². The van der Waals surface area contributed by atoms with Crippen LogP contribution in [-0.2, 0) is 18.1 Å². The number of rotatable bonds is 11. The van der Waals surface area contributed by atoms with Gasteiger partial charge in [0.15, 0.2) is 16.2 Å². The van der Waals surface area contributed by atoms with E-state index in [1.165, 1.54) is 0 Å². The maximum Gasteiger partial charge on any atom is 0.276 e. The van der Waals surface area contributed by atoms with Gasteiger partial charge in [0.05, 0.1) is 20.9 Å². The predicted molar refractivity (Wildman–Crippen MR) is 111 cm³/mol. The van der Waals surface area contributed by atoms with Gasteiger partial charge in [-0.3, -0.25) is 0 Å². The predicted octanol–water partition coefficient (Wildman–Crippen LogP) is 4.26. The summed E-state index contributed by atoms with van der Waals surface area (Å²) in [5, 5.41) is 0. The maximum atomic E-state index is 12.1. The molecule has 0 aliphatic heterocycles. The SMILES string of the molecule is C.C.CC[Si](=O)C/[Si](=C/OC)[Si](C)(CCCOC)O[Si](C)(C)C. The second kappa shape index (κ2) is 13.5. The first-order valence-electron chi connectivity index (χ1n) is 7.61. The lowest BCUT2D eigenvalue weighted by atomic mass is 10.5. The van der Waals surface area contributed by atoms with Crippen LogP contribution in [0.1, 0.15) is 28.2 Å². The number of hydrogen-bond donors (Lipinski definition) is 0. The fourth-order valence-corrected chi connectivity index (χ4v) is 26.6. The van der Waals surface area contributed by atoms with Gasteiger partial charge in [0.1, 0.15) is 0 Å². The van der Waals surface area contributed by atoms with E-state index >= 15 is 0 Å². The van der Waals surface area contributed by atoms with Gasteiger partial charge < -0.3 is 18.1 Å². The highest BCUT2D eigenvalue weighted by atomic mass is 29.2. The zero-order valence-corrected chi connectivity index (χ0v) is 18.7. The molecule has 0 saturated carbocycles. The van der Waals surface area contributed by atoms with E-state index in [2.05, 4.69) is 26.2 Å². The fraction of sp³-hybridized carbons (Fsp3) is 0.933. The van der Waals surface area contributed by atoms with Crippen molar-refractivity contribution in [2.24, 2.45) is 0 Å². The molecule has 0 fully saturated rings. The lowest BCUT2D eigenvalue weighted by molar-refractivity contribution is 0.198. The second-order valence-corrected chi connectivity index (χ2v) is 24.1. The van der Waals surface area contributed by atoms with E-state index in [-0.39, 0.29) is 14.9 Å². The minimum Gasteiger partial charge on any atom is -0.510 e. The van der Waals surface area contributed by atoms with E-state index in [9.17, 15) is 4.46 Å². The Kier molecular flexibility index (Phi) is 16.5. The molecule has 0 saturated heterocycles. The Morgan fingerprint density at radius 1 is 1.09 bits per heavy atom. The van der Waals surface area contributed by atoms with Crippen molar-refractivity contribution in [3.8, 4) is 0 Å². The van der Waals surface area contributed by atoms with Gasteiger partial charge in [-0.05, 0) is 44.7 Å². The summed E-state index contributed by atoms with van der Waals surface area (Å²) in [6.07, 6.45) is 1.02. The highest BCUT2D eigenvalue weighted by molar-refractivity contribution is 7.33. The lowest BCUT2D eigenvalue weighted by Gasteiger charge is -2.36. The van der Waals surface area contributed by atoms with Gasteiger partial charge in [-0.15, -0.1) is 0 Å². The lowest BCUT2D eigenvalue weighted by Crippen LogP contribution is -2.54. The molecule has 0 aliphatic rings. The minimum absolute atomic E-state index is 0. The highest BCUT2D eigenvalue weighted by Crippen LogP contribution is 2.22. The Bertz CT molecular complexity index is 356. The molecule has 4 nitrogen and oxygen atoms in total. The van der Waals surface area contributed by atoms with Crippen LogP contribution in [0.25, 0.3) is 0 Å². The van der Waals surface area contributed by atoms with Crippen molar-refractivity contribution >= 4 is 38.6 Å². The van der Waals surface area contributed by atoms with Gasteiger partial charge in [-0.1, -0.05) is 21.8 Å². The second-order valence-electron chi connectivity index (χ2n) is 6.49. The summed E-state index contributed by atoms with van der Waals surface area (Å²) in [6, 6.07) is 1.85. The Labute approximate surface area is 149 Å². The zero-order chi connectivity index (χ0) is 16.5. The van der Waals surface area contributed by atoms with Crippen LogP contribution in [0.2, 0.25) is 43.9 Å². The molecule has 0 radical (unpaired) electrons. The van der Waals surface area contributed by atoms with Crippen LogP contribution in [-0.4, -0.2) is 59.4 Å². The third-order valence-corrected chi connectivity index (χ3v) is 22.3. The quantitative estimate of drug-likeness (QED) is 0.386. The third kappa shape index (κ3) is 12.3. The number of hydrogen-bond acceptors (Lipinski definition) is 4. The molecule has 0 aliphatic carbocycles. The van der Waals surface area contributed by atoms with E-state index < -0.39 is 32.8 Å². The van der Waals surface area contributed by atoms with Gasteiger partial charge in [-0.2, -0.15) is 0 Å². The zero-order valence-electron chi connectivity index (χ0n) is 14.7. The molecule has 0 rings (SSSR count). The molecule has 0 spiro atoms. The smallest absolute Gasteiger partial charge is 0.276 e. The number of ether oxygens (including phenoxy) is 2. The van der Waals surface area contributed by atoms with Crippen LogP contribution in [0.15, 0.2) is 0 Å². The molecule has 0 N–H and O–H groups in total. The molecule has 0 aromatic rings. The van der Waals surface area contributed by atoms with Crippen molar-refractivity contribution in [1.82, 2.24) is 0 Å². The monoisotopic (exact) mass is 396 g/mol. The average molecular weight is 397 g/mol. The Hall–Kier alpha value is 0.258. The maximum absolute atomic E-state index is 12.1. The first-order chi connectivity index (χ1) is 9.68. The van der Waals surface area contributed by atoms with Crippen molar-refractivity contribution in [2.45, 2.75) is 72.1 Å². The Balaban J connectivity index is -0.00000200. The number of methoxy groups -OCH3 is 2. The first kappa shape index (κ1) is 28.1. The largest absolute Gasteiger partial charge is 0.510 e. The van der Waals surface area contributed by atoms with Crippen LogP contribution < -0.4 is 0 Å². The van der Waals surface area contributed by atoms with Crippen molar-refractivity contribution in [1.29, 1.82) is 0 Å². The third-order valence-electron chi connectivity index (χ3n) is 3.26. The van der Waals surface area contributed by atoms with Gasteiger partial charge in [0, 0.05) is 19.4 Å².